The summed E-state index contributed by atoms with van der Waals surface area (Å²) in [5.41, 5.74) is 0.909. The van der Waals surface area contributed by atoms with Gasteiger partial charge >= 0.3 is 0 Å². The molecule has 0 saturated heterocycles. The molecule has 0 bridgehead atoms. The molecule has 0 unspecified atom stereocenters. The molecule has 40 heavy (non-hydrogen) atoms. The van der Waals surface area contributed by atoms with E-state index in [-0.39, 0.29) is 39.1 Å². The van der Waals surface area contributed by atoms with Crippen molar-refractivity contribution < 1.29 is 18.0 Å². The van der Waals surface area contributed by atoms with Crippen molar-refractivity contribution in [3.8, 4) is 0 Å². The van der Waals surface area contributed by atoms with Gasteiger partial charge in [-0.15, -0.1) is 0 Å². The van der Waals surface area contributed by atoms with Gasteiger partial charge in [-0.05, 0) is 67.8 Å². The SMILES string of the molecule is C[C@H](C(=O)NC1CCCC1)N(Cc1ccc(Cl)cc1)C(=O)CN(c1ccc(Cl)c(Cl)c1)S(=O)(=O)c1ccccc1. The van der Waals surface area contributed by atoms with E-state index in [4.69, 9.17) is 34.8 Å². The third-order valence-electron chi connectivity index (χ3n) is 6.94. The van der Waals surface area contributed by atoms with Gasteiger partial charge in [0, 0.05) is 17.6 Å². The molecule has 3 aromatic rings. The van der Waals surface area contributed by atoms with Crippen LogP contribution in [-0.4, -0.2) is 43.8 Å². The van der Waals surface area contributed by atoms with Gasteiger partial charge in [0.15, 0.2) is 0 Å². The van der Waals surface area contributed by atoms with Gasteiger partial charge in [0.2, 0.25) is 11.8 Å². The highest BCUT2D eigenvalue weighted by atomic mass is 35.5. The molecule has 0 aromatic heterocycles. The first kappa shape index (κ1) is 30.2. The molecular formula is C29H30Cl3N3O4S. The Bertz CT molecular complexity index is 1450. The van der Waals surface area contributed by atoms with Crippen molar-refractivity contribution >= 4 is 62.3 Å². The first-order valence-corrected chi connectivity index (χ1v) is 15.5. The maximum Gasteiger partial charge on any atom is 0.264 e. The van der Waals surface area contributed by atoms with Crippen LogP contribution in [0.15, 0.2) is 77.7 Å². The molecule has 1 fully saturated rings. The predicted molar refractivity (Wildman–Crippen MR) is 159 cm³/mol. The molecule has 7 nitrogen and oxygen atoms in total. The zero-order chi connectivity index (χ0) is 28.9. The topological polar surface area (TPSA) is 86.8 Å². The largest absolute Gasteiger partial charge is 0.352 e. The summed E-state index contributed by atoms with van der Waals surface area (Å²) in [4.78, 5) is 28.6. The molecule has 0 spiro atoms. The van der Waals surface area contributed by atoms with Gasteiger partial charge in [0.25, 0.3) is 10.0 Å². The van der Waals surface area contributed by atoms with Crippen LogP contribution in [0.4, 0.5) is 5.69 Å². The van der Waals surface area contributed by atoms with Crippen LogP contribution in [0.3, 0.4) is 0 Å². The molecule has 1 aliphatic rings. The van der Waals surface area contributed by atoms with Crippen LogP contribution in [-0.2, 0) is 26.2 Å². The van der Waals surface area contributed by atoms with Gasteiger partial charge in [-0.1, -0.05) is 78.0 Å². The molecule has 1 N–H and O–H groups in total. The minimum absolute atomic E-state index is 0.00477. The summed E-state index contributed by atoms with van der Waals surface area (Å²) in [5.74, 6) is -0.851. The minimum Gasteiger partial charge on any atom is -0.352 e. The fourth-order valence-electron chi connectivity index (χ4n) is 4.65. The average molecular weight is 623 g/mol. The van der Waals surface area contributed by atoms with Crippen molar-refractivity contribution in [3.63, 3.8) is 0 Å². The highest BCUT2D eigenvalue weighted by molar-refractivity contribution is 7.92. The number of rotatable bonds is 10. The molecule has 3 aromatic carbocycles. The number of sulfonamides is 1. The quantitative estimate of drug-likeness (QED) is 0.287. The van der Waals surface area contributed by atoms with Crippen LogP contribution in [0.25, 0.3) is 0 Å². The van der Waals surface area contributed by atoms with Crippen LogP contribution < -0.4 is 9.62 Å². The lowest BCUT2D eigenvalue weighted by Crippen LogP contribution is -2.52. The standard InChI is InChI=1S/C29H30Cl3N3O4S/c1-20(29(37)33-23-7-5-6-8-23)34(18-21-11-13-22(30)14-12-21)28(36)19-35(24-15-16-26(31)27(32)17-24)40(38,39)25-9-3-2-4-10-25/h2-4,9-17,20,23H,5-8,18-19H2,1H3,(H,33,37)/t20-/m1/s1. The third-order valence-corrected chi connectivity index (χ3v) is 9.72. The van der Waals surface area contributed by atoms with Gasteiger partial charge in [0.1, 0.15) is 12.6 Å². The van der Waals surface area contributed by atoms with E-state index < -0.39 is 28.5 Å². The zero-order valence-electron chi connectivity index (χ0n) is 21.9. The van der Waals surface area contributed by atoms with Crippen molar-refractivity contribution in [1.29, 1.82) is 0 Å². The summed E-state index contributed by atoms with van der Waals surface area (Å²) in [6, 6.07) is 18.3. The molecule has 0 aliphatic heterocycles. The smallest absolute Gasteiger partial charge is 0.264 e. The molecule has 1 atom stereocenters. The van der Waals surface area contributed by atoms with Gasteiger partial charge in [-0.2, -0.15) is 0 Å². The highest BCUT2D eigenvalue weighted by Crippen LogP contribution is 2.31. The van der Waals surface area contributed by atoms with Crippen molar-refractivity contribution in [1.82, 2.24) is 10.2 Å². The Kier molecular flexibility index (Phi) is 10.0. The monoisotopic (exact) mass is 621 g/mol. The lowest BCUT2D eigenvalue weighted by Gasteiger charge is -2.32. The molecule has 11 heteroatoms. The normalized spacial score (nSPS) is 14.5. The molecule has 1 aliphatic carbocycles. The van der Waals surface area contributed by atoms with Gasteiger partial charge in [0.05, 0.1) is 20.6 Å². The maximum absolute atomic E-state index is 14.0. The lowest BCUT2D eigenvalue weighted by molar-refractivity contribution is -0.139. The second kappa shape index (κ2) is 13.3. The molecule has 4 rings (SSSR count). The summed E-state index contributed by atoms with van der Waals surface area (Å²) < 4.78 is 28.6. The van der Waals surface area contributed by atoms with Gasteiger partial charge in [-0.25, -0.2) is 8.42 Å². The second-order valence-electron chi connectivity index (χ2n) is 9.74. The third kappa shape index (κ3) is 7.29. The molecule has 0 radical (unpaired) electrons. The van der Waals surface area contributed by atoms with Crippen molar-refractivity contribution in [2.24, 2.45) is 0 Å². The van der Waals surface area contributed by atoms with Crippen molar-refractivity contribution in [2.75, 3.05) is 10.8 Å². The van der Waals surface area contributed by atoms with Crippen molar-refractivity contribution in [3.05, 3.63) is 93.4 Å². The minimum atomic E-state index is -4.19. The van der Waals surface area contributed by atoms with Crippen molar-refractivity contribution in [2.45, 2.75) is 56.1 Å². The fraction of sp³-hybridized carbons (Fsp3) is 0.310. The van der Waals surface area contributed by atoms with E-state index >= 15 is 0 Å². The van der Waals surface area contributed by atoms with E-state index in [1.807, 2.05) is 0 Å². The summed E-state index contributed by atoms with van der Waals surface area (Å²) in [7, 11) is -4.19. The Morgan fingerprint density at radius 1 is 0.925 bits per heavy atom. The highest BCUT2D eigenvalue weighted by Gasteiger charge is 2.33. The number of nitrogens with one attached hydrogen (secondary N) is 1. The molecular weight excluding hydrogens is 593 g/mol. The number of carbonyl (C=O) groups is 2. The number of carbonyl (C=O) groups excluding carboxylic acids is 2. The Balaban J connectivity index is 1.69. The number of hydrogen-bond acceptors (Lipinski definition) is 4. The fourth-order valence-corrected chi connectivity index (χ4v) is 6.50. The van der Waals surface area contributed by atoms with E-state index in [0.29, 0.717) is 5.02 Å². The van der Waals surface area contributed by atoms with Crippen LogP contribution in [0, 0.1) is 0 Å². The summed E-state index contributed by atoms with van der Waals surface area (Å²) in [6.07, 6.45) is 3.87. The number of amides is 2. The lowest BCUT2D eigenvalue weighted by atomic mass is 10.1. The summed E-state index contributed by atoms with van der Waals surface area (Å²) in [5, 5.41) is 3.97. The summed E-state index contributed by atoms with van der Waals surface area (Å²) in [6.45, 7) is 1.16. The van der Waals surface area contributed by atoms with Gasteiger partial charge in [-0.3, -0.25) is 13.9 Å². The number of benzene rings is 3. The summed E-state index contributed by atoms with van der Waals surface area (Å²) >= 11 is 18.4. The zero-order valence-corrected chi connectivity index (χ0v) is 25.0. The number of hydrogen-bond donors (Lipinski definition) is 1. The average Bonchev–Trinajstić information content (AvgIpc) is 3.46. The van der Waals surface area contributed by atoms with E-state index in [9.17, 15) is 18.0 Å². The first-order valence-electron chi connectivity index (χ1n) is 12.9. The number of anilines is 1. The molecule has 0 heterocycles. The molecule has 212 valence electrons. The van der Waals surface area contributed by atoms with Gasteiger partial charge < -0.3 is 10.2 Å². The van der Waals surface area contributed by atoms with E-state index in [2.05, 4.69) is 5.32 Å². The predicted octanol–water partition coefficient (Wildman–Crippen LogP) is 6.32. The molecule has 1 saturated carbocycles. The van der Waals surface area contributed by atoms with E-state index in [1.54, 1.807) is 49.4 Å². The van der Waals surface area contributed by atoms with Crippen LogP contribution in [0.2, 0.25) is 15.1 Å². The first-order chi connectivity index (χ1) is 19.1. The van der Waals surface area contributed by atoms with E-state index in [0.717, 1.165) is 35.6 Å². The Labute approximate surface area is 250 Å². The molecule has 2 amide bonds. The Morgan fingerprint density at radius 3 is 2.20 bits per heavy atom. The van der Waals surface area contributed by atoms with Crippen LogP contribution >= 0.6 is 34.8 Å². The Morgan fingerprint density at radius 2 is 1.57 bits per heavy atom. The maximum atomic E-state index is 14.0. The van der Waals surface area contributed by atoms with E-state index in [1.165, 1.54) is 35.2 Å². The number of halogens is 3. The van der Waals surface area contributed by atoms with Crippen LogP contribution in [0.5, 0.6) is 0 Å². The van der Waals surface area contributed by atoms with Crippen LogP contribution in [0.1, 0.15) is 38.2 Å². The Hall–Kier alpha value is -2.78. The second-order valence-corrected chi connectivity index (χ2v) is 12.9. The number of nitrogens with zero attached hydrogens (tertiary/aromatic N) is 2.